The molecule has 1 N–H and O–H groups in total. The van der Waals surface area contributed by atoms with E-state index in [0.717, 1.165) is 22.3 Å². The summed E-state index contributed by atoms with van der Waals surface area (Å²) in [7, 11) is 0. The van der Waals surface area contributed by atoms with Crippen LogP contribution in [0, 0.1) is 34.1 Å². The Morgan fingerprint density at radius 2 is 1.15 bits per heavy atom. The monoisotopic (exact) mass is 838 g/mol. The third-order valence-corrected chi connectivity index (χ3v) is 7.21. The second-order valence-electron chi connectivity index (χ2n) is 10.3. The predicted molar refractivity (Wildman–Crippen MR) is 190 cm³/mol. The van der Waals surface area contributed by atoms with E-state index < -0.39 is 9.85 Å². The van der Waals surface area contributed by atoms with Crippen LogP contribution in [0.15, 0.2) is 122 Å². The zero-order valence-electron chi connectivity index (χ0n) is 30.3. The number of nitro groups is 2. The number of carbonyl (C=O) groups excluding carboxylic acids is 1. The first kappa shape index (κ1) is 47.8. The molecule has 0 radical (unpaired) electrons. The number of alkyl halides is 1. The van der Waals surface area contributed by atoms with Crippen molar-refractivity contribution in [3.8, 4) is 0 Å². The minimum Gasteiger partial charge on any atom is -1.00 e. The quantitative estimate of drug-likeness (QED) is 0.0460. The summed E-state index contributed by atoms with van der Waals surface area (Å²) < 4.78 is 3.29. The van der Waals surface area contributed by atoms with Gasteiger partial charge in [-0.05, 0) is 49.2 Å². The zero-order valence-corrected chi connectivity index (χ0v) is 37.1. The molecule has 0 atom stereocenters. The molecule has 0 saturated heterocycles. The second-order valence-corrected chi connectivity index (χ2v) is 10.8. The molecule has 266 valence electrons. The Balaban J connectivity index is 0.000000783. The first-order valence-electron chi connectivity index (χ1n) is 14.8. The first-order chi connectivity index (χ1) is 24.6. The molecule has 0 unspecified atom stereocenters. The maximum absolute atomic E-state index is 10.8. The standard InChI is InChI=1S/C16H15N5O2.C8H9Br.C8H7N5O2.CH2O3.2K.H/c1-13-2-4-14(5-3-13)10-20(19-11-17-18-12-19)15-6-8-16(9-7-15)21(22)23;1-7-2-4-8(6-9)5-3-7;14-13(15)8-3-1-7(2-4-8)11-12-5-9-10-6-12;2-1-4-3;;;/h2-9,11-12H,10H2,1H3;2-5H,6H2,1H3;1-6,11H;1,3H;;;/q;;;;2*+1;-1/p-1. The molecule has 2 aromatic heterocycles. The van der Waals surface area contributed by atoms with E-state index in [9.17, 15) is 20.2 Å². The van der Waals surface area contributed by atoms with Gasteiger partial charge in [-0.25, -0.2) is 9.35 Å². The molecule has 4 aromatic carbocycles. The van der Waals surface area contributed by atoms with Crippen molar-refractivity contribution in [2.24, 2.45) is 0 Å². The molecule has 20 heteroatoms. The van der Waals surface area contributed by atoms with E-state index in [0.29, 0.717) is 6.54 Å². The van der Waals surface area contributed by atoms with E-state index in [2.05, 4.69) is 102 Å². The maximum Gasteiger partial charge on any atom is 1.00 e. The number of hydrogen-bond acceptors (Lipinski definition) is 13. The molecule has 2 heterocycles. The van der Waals surface area contributed by atoms with Gasteiger partial charge in [0.1, 0.15) is 25.3 Å². The molecule has 0 saturated carbocycles. The molecule has 0 aliphatic rings. The smallest absolute Gasteiger partial charge is 1.00 e. The zero-order chi connectivity index (χ0) is 37.0. The van der Waals surface area contributed by atoms with Crippen molar-refractivity contribution < 1.29 is 129 Å². The fourth-order valence-electron chi connectivity index (χ4n) is 3.98. The van der Waals surface area contributed by atoms with Crippen LogP contribution in [0.2, 0.25) is 0 Å². The molecule has 0 fully saturated rings. The van der Waals surface area contributed by atoms with Crippen LogP contribution in [0.3, 0.4) is 0 Å². The van der Waals surface area contributed by atoms with Gasteiger partial charge < -0.3 is 11.6 Å². The molecule has 0 amide bonds. The molecular formula is C33H33BrK2N10O7. The summed E-state index contributed by atoms with van der Waals surface area (Å²) in [5.74, 6) is 0. The summed E-state index contributed by atoms with van der Waals surface area (Å²) >= 11 is 3.38. The van der Waals surface area contributed by atoms with Crippen molar-refractivity contribution in [1.29, 1.82) is 0 Å². The first-order valence-corrected chi connectivity index (χ1v) is 15.9. The van der Waals surface area contributed by atoms with E-state index in [-0.39, 0.29) is 122 Å². The number of halogens is 1. The molecule has 0 spiro atoms. The molecule has 53 heavy (non-hydrogen) atoms. The minimum absolute atomic E-state index is 0. The van der Waals surface area contributed by atoms with E-state index >= 15 is 0 Å². The van der Waals surface area contributed by atoms with Crippen LogP contribution < -0.4 is 118 Å². The Labute approximate surface area is 399 Å². The van der Waals surface area contributed by atoms with E-state index in [4.69, 9.17) is 10.1 Å². The Kier molecular flexibility index (Phi) is 23.9. The van der Waals surface area contributed by atoms with Crippen LogP contribution in [0.4, 0.5) is 22.7 Å². The Hall–Kier alpha value is -3.26. The second kappa shape index (κ2) is 26.5. The molecule has 6 rings (SSSR count). The average molecular weight is 840 g/mol. The number of anilines is 2. The molecule has 6 aromatic rings. The number of aryl methyl sites for hydroxylation is 2. The molecule has 0 aliphatic heterocycles. The Bertz CT molecular complexity index is 1910. The van der Waals surface area contributed by atoms with Crippen molar-refractivity contribution in [2.75, 3.05) is 10.4 Å². The van der Waals surface area contributed by atoms with Gasteiger partial charge in [-0.3, -0.25) is 35.5 Å². The number of hydrogen-bond donors (Lipinski definition) is 1. The van der Waals surface area contributed by atoms with Crippen LogP contribution >= 0.6 is 15.9 Å². The largest absolute Gasteiger partial charge is 1.00 e. The third kappa shape index (κ3) is 17.6. The summed E-state index contributed by atoms with van der Waals surface area (Å²) in [5, 5.41) is 47.4. The van der Waals surface area contributed by atoms with Crippen molar-refractivity contribution in [1.82, 2.24) is 29.7 Å². The summed E-state index contributed by atoms with van der Waals surface area (Å²) in [6.45, 7) is 4.55. The van der Waals surface area contributed by atoms with Crippen molar-refractivity contribution in [3.63, 3.8) is 0 Å². The third-order valence-electron chi connectivity index (χ3n) is 6.57. The van der Waals surface area contributed by atoms with Gasteiger partial charge in [0.25, 0.3) is 17.8 Å². The molecule has 17 nitrogen and oxygen atoms in total. The van der Waals surface area contributed by atoms with Crippen LogP contribution in [-0.4, -0.2) is 46.1 Å². The van der Waals surface area contributed by atoms with Crippen LogP contribution in [0.25, 0.3) is 0 Å². The molecular weight excluding hydrogens is 807 g/mol. The number of nitrogens with one attached hydrogen (secondary N) is 1. The molecule has 0 aliphatic carbocycles. The van der Waals surface area contributed by atoms with Gasteiger partial charge in [-0.15, -0.1) is 20.4 Å². The van der Waals surface area contributed by atoms with Gasteiger partial charge in [0.05, 0.1) is 27.8 Å². The maximum atomic E-state index is 10.8. The Morgan fingerprint density at radius 3 is 1.57 bits per heavy atom. The van der Waals surface area contributed by atoms with E-state index in [1.807, 2.05) is 11.9 Å². The van der Waals surface area contributed by atoms with Crippen molar-refractivity contribution in [2.45, 2.75) is 25.7 Å². The Morgan fingerprint density at radius 1 is 0.736 bits per heavy atom. The molecule has 0 bridgehead atoms. The fourth-order valence-corrected chi connectivity index (χ4v) is 4.36. The minimum atomic E-state index is -0.442. The van der Waals surface area contributed by atoms with Crippen LogP contribution in [-0.2, 0) is 21.6 Å². The average Bonchev–Trinajstić information content (AvgIpc) is 3.88. The van der Waals surface area contributed by atoms with Gasteiger partial charge >= 0.3 is 103 Å². The van der Waals surface area contributed by atoms with Crippen LogP contribution in [0.1, 0.15) is 23.7 Å². The summed E-state index contributed by atoms with van der Waals surface area (Å²) in [4.78, 5) is 31.6. The van der Waals surface area contributed by atoms with Gasteiger partial charge in [-0.2, -0.15) is 0 Å². The van der Waals surface area contributed by atoms with Crippen molar-refractivity contribution in [3.05, 3.63) is 165 Å². The summed E-state index contributed by atoms with van der Waals surface area (Å²) in [6, 6.07) is 29.2. The van der Waals surface area contributed by atoms with Crippen LogP contribution in [0.5, 0.6) is 0 Å². The van der Waals surface area contributed by atoms with E-state index in [1.165, 1.54) is 53.6 Å². The summed E-state index contributed by atoms with van der Waals surface area (Å²) in [6.07, 6.45) is 6.16. The number of nitro benzene ring substituents is 2. The predicted octanol–water partition coefficient (Wildman–Crippen LogP) is -0.529. The number of aromatic nitrogens is 6. The van der Waals surface area contributed by atoms with E-state index in [1.54, 1.807) is 46.3 Å². The van der Waals surface area contributed by atoms with Gasteiger partial charge in [0, 0.05) is 29.6 Å². The SMILES string of the molecule is Cc1ccc(CBr)cc1.Cc1ccc(CN(c2ccc([N+](=O)[O-])cc2)n2cnnc2)cc1.O=CO[O-].O=[N+]([O-])c1ccc(Nn2cnnc2)cc1.[H-].[K+].[K+]. The topological polar surface area (TPSA) is 212 Å². The number of benzene rings is 4. The van der Waals surface area contributed by atoms with Gasteiger partial charge in [0.2, 0.25) is 0 Å². The van der Waals surface area contributed by atoms with Gasteiger partial charge in [0.15, 0.2) is 0 Å². The number of non-ortho nitro benzene ring substituents is 2. The number of carbonyl (C=O) groups is 1. The van der Waals surface area contributed by atoms with Gasteiger partial charge in [-0.1, -0.05) is 75.6 Å². The fraction of sp³-hybridized carbons (Fsp3) is 0.121. The number of nitrogens with zero attached hydrogens (tertiary/aromatic N) is 9. The normalized spacial score (nSPS) is 9.36. The summed E-state index contributed by atoms with van der Waals surface area (Å²) in [5.41, 5.74) is 9.54. The number of rotatable bonds is 10. The van der Waals surface area contributed by atoms with Crippen molar-refractivity contribution >= 4 is 45.2 Å².